The Bertz CT molecular complexity index is 886. The zero-order valence-electron chi connectivity index (χ0n) is 14.3. The predicted molar refractivity (Wildman–Crippen MR) is 109 cm³/mol. The zero-order valence-corrected chi connectivity index (χ0v) is 17.3. The largest absolute Gasteiger partial charge is 0.298 e. The summed E-state index contributed by atoms with van der Waals surface area (Å²) in [5.74, 6) is -3.46. The summed E-state index contributed by atoms with van der Waals surface area (Å²) in [7, 11) is 0. The van der Waals surface area contributed by atoms with Gasteiger partial charge in [-0.3, -0.25) is 9.59 Å². The van der Waals surface area contributed by atoms with Crippen LogP contribution >= 0.6 is 46.4 Å². The molecule has 2 rings (SSSR count). The van der Waals surface area contributed by atoms with Gasteiger partial charge in [-0.05, 0) is 24.3 Å². The van der Waals surface area contributed by atoms with Crippen LogP contribution in [0.2, 0.25) is 20.1 Å². The molecular weight excluding hydrogens is 442 g/mol. The fraction of sp³-hybridized carbons (Fsp3) is 0.200. The maximum absolute atomic E-state index is 12.5. The van der Waals surface area contributed by atoms with Gasteiger partial charge in [0.25, 0.3) is 0 Å². The van der Waals surface area contributed by atoms with E-state index in [4.69, 9.17) is 46.4 Å². The van der Waals surface area contributed by atoms with Gasteiger partial charge in [0.1, 0.15) is 11.8 Å². The number of benzene rings is 2. The Hall–Kier alpha value is -2.08. The first-order valence-electron chi connectivity index (χ1n) is 8.04. The normalized spacial score (nSPS) is 12.5. The van der Waals surface area contributed by atoms with Gasteiger partial charge >= 0.3 is 0 Å². The molecule has 28 heavy (non-hydrogen) atoms. The van der Waals surface area contributed by atoms with Crippen LogP contribution in [0.25, 0.3) is 0 Å². The average Bonchev–Trinajstić information content (AvgIpc) is 2.65. The Morgan fingerprint density at radius 1 is 0.714 bits per heavy atom. The molecule has 0 aliphatic heterocycles. The molecule has 0 saturated carbocycles. The molecule has 0 aliphatic carbocycles. The second-order valence-corrected chi connectivity index (χ2v) is 7.46. The molecule has 0 spiro atoms. The van der Waals surface area contributed by atoms with Gasteiger partial charge < -0.3 is 0 Å². The van der Waals surface area contributed by atoms with Crippen LogP contribution in [-0.2, 0) is 9.59 Å². The van der Waals surface area contributed by atoms with E-state index in [9.17, 15) is 20.1 Å². The second-order valence-electron chi connectivity index (χ2n) is 5.83. The number of Topliss-reactive ketones (excluding diaryl/α,β-unsaturated/α-hetero) is 2. The molecule has 0 unspecified atom stereocenters. The molecule has 0 aromatic heterocycles. The number of ketones is 2. The summed E-state index contributed by atoms with van der Waals surface area (Å²) in [6.45, 7) is 0. The summed E-state index contributed by atoms with van der Waals surface area (Å²) in [6, 6.07) is 13.1. The van der Waals surface area contributed by atoms with Gasteiger partial charge in [0.2, 0.25) is 0 Å². The molecule has 0 radical (unpaired) electrons. The molecule has 0 bridgehead atoms. The van der Waals surface area contributed by atoms with E-state index in [0.29, 0.717) is 0 Å². The Kier molecular flexibility index (Phi) is 7.87. The topological polar surface area (TPSA) is 81.7 Å². The lowest BCUT2D eigenvalue weighted by molar-refractivity contribution is -0.124. The van der Waals surface area contributed by atoms with Crippen LogP contribution in [0.4, 0.5) is 0 Å². The van der Waals surface area contributed by atoms with E-state index in [1.807, 2.05) is 12.1 Å². The van der Waals surface area contributed by atoms with Crippen molar-refractivity contribution < 1.29 is 9.59 Å². The number of carbonyl (C=O) groups excluding carboxylic acids is 2. The molecule has 142 valence electrons. The molecule has 0 heterocycles. The molecule has 0 aliphatic rings. The Labute approximate surface area is 182 Å². The van der Waals surface area contributed by atoms with E-state index in [0.717, 1.165) is 0 Å². The highest BCUT2D eigenvalue weighted by molar-refractivity contribution is 6.37. The first kappa shape index (κ1) is 22.2. The molecule has 0 amide bonds. The van der Waals surface area contributed by atoms with Crippen molar-refractivity contribution in [1.82, 2.24) is 0 Å². The second kappa shape index (κ2) is 9.92. The lowest BCUT2D eigenvalue weighted by Gasteiger charge is -2.14. The number of hydrogen-bond acceptors (Lipinski definition) is 4. The van der Waals surface area contributed by atoms with Gasteiger partial charge in [0.05, 0.1) is 12.1 Å². The summed E-state index contributed by atoms with van der Waals surface area (Å²) >= 11 is 24.3. The minimum atomic E-state index is -1.21. The minimum Gasteiger partial charge on any atom is -0.298 e. The molecule has 0 N–H and O–H groups in total. The van der Waals surface area contributed by atoms with Crippen LogP contribution in [0.5, 0.6) is 0 Å². The van der Waals surface area contributed by atoms with E-state index in [2.05, 4.69) is 0 Å². The monoisotopic (exact) mass is 452 g/mol. The summed E-state index contributed by atoms with van der Waals surface area (Å²) in [5, 5.41) is 19.6. The first-order chi connectivity index (χ1) is 13.3. The summed E-state index contributed by atoms with van der Waals surface area (Å²) < 4.78 is 0. The van der Waals surface area contributed by atoms with Gasteiger partial charge in [0, 0.05) is 44.1 Å². The third-order valence-corrected chi connectivity index (χ3v) is 5.42. The Balaban J connectivity index is 2.18. The van der Waals surface area contributed by atoms with Crippen LogP contribution in [0.15, 0.2) is 36.4 Å². The Morgan fingerprint density at radius 2 is 1.00 bits per heavy atom. The Morgan fingerprint density at radius 3 is 1.25 bits per heavy atom. The summed E-state index contributed by atoms with van der Waals surface area (Å²) in [6.07, 6.45) is -0.502. The van der Waals surface area contributed by atoms with Crippen LogP contribution in [-0.4, -0.2) is 11.6 Å². The highest BCUT2D eigenvalue weighted by Crippen LogP contribution is 2.34. The van der Waals surface area contributed by atoms with Crippen molar-refractivity contribution in [2.75, 3.05) is 0 Å². The average molecular weight is 454 g/mol. The van der Waals surface area contributed by atoms with E-state index in [-0.39, 0.29) is 44.1 Å². The maximum Gasteiger partial charge on any atom is 0.155 e. The van der Waals surface area contributed by atoms with Crippen LogP contribution in [0.3, 0.4) is 0 Å². The SMILES string of the molecule is N#C[C@@H](C(=O)CCC(=O)[C@H](C#N)c1c(Cl)cccc1Cl)c1c(Cl)cccc1Cl. The standard InChI is InChI=1S/C20H12Cl4N2O2/c21-13-3-1-4-14(22)19(13)11(9-25)17(27)7-8-18(28)12(10-26)20-15(23)5-2-6-16(20)24/h1-6,11-12H,7-8H2/t11-,12-/m0/s1. The van der Waals surface area contributed by atoms with Crippen molar-refractivity contribution in [3.05, 3.63) is 67.6 Å². The number of nitriles is 2. The van der Waals surface area contributed by atoms with Gasteiger partial charge in [0.15, 0.2) is 11.6 Å². The molecule has 2 aromatic rings. The molecule has 2 aromatic carbocycles. The van der Waals surface area contributed by atoms with Crippen molar-refractivity contribution in [1.29, 1.82) is 10.5 Å². The summed E-state index contributed by atoms with van der Waals surface area (Å²) in [4.78, 5) is 25.1. The van der Waals surface area contributed by atoms with E-state index in [1.54, 1.807) is 12.1 Å². The number of carbonyl (C=O) groups is 2. The van der Waals surface area contributed by atoms with Gasteiger partial charge in [-0.1, -0.05) is 58.5 Å². The van der Waals surface area contributed by atoms with Gasteiger partial charge in [-0.25, -0.2) is 0 Å². The lowest BCUT2D eigenvalue weighted by Crippen LogP contribution is -2.17. The first-order valence-corrected chi connectivity index (χ1v) is 9.55. The maximum atomic E-state index is 12.5. The van der Waals surface area contributed by atoms with Gasteiger partial charge in [-0.15, -0.1) is 0 Å². The quantitative estimate of drug-likeness (QED) is 0.504. The van der Waals surface area contributed by atoms with Crippen LogP contribution in [0, 0.1) is 22.7 Å². The minimum absolute atomic E-state index is 0.191. The van der Waals surface area contributed by atoms with Crippen molar-refractivity contribution in [2.24, 2.45) is 0 Å². The zero-order chi connectivity index (χ0) is 20.8. The van der Waals surface area contributed by atoms with Crippen molar-refractivity contribution >= 4 is 58.0 Å². The molecule has 4 nitrogen and oxygen atoms in total. The molecule has 0 saturated heterocycles. The number of rotatable bonds is 7. The third kappa shape index (κ3) is 4.85. The fourth-order valence-electron chi connectivity index (χ4n) is 2.70. The van der Waals surface area contributed by atoms with E-state index in [1.165, 1.54) is 24.3 Å². The number of halogens is 4. The van der Waals surface area contributed by atoms with E-state index < -0.39 is 23.4 Å². The molecular formula is C20H12Cl4N2O2. The molecule has 2 atom stereocenters. The highest BCUT2D eigenvalue weighted by Gasteiger charge is 2.29. The third-order valence-electron chi connectivity index (χ3n) is 4.10. The molecule has 8 heteroatoms. The van der Waals surface area contributed by atoms with Crippen molar-refractivity contribution in [3.8, 4) is 12.1 Å². The van der Waals surface area contributed by atoms with Gasteiger partial charge in [-0.2, -0.15) is 10.5 Å². The lowest BCUT2D eigenvalue weighted by atomic mass is 9.89. The van der Waals surface area contributed by atoms with Crippen molar-refractivity contribution in [2.45, 2.75) is 24.7 Å². The smallest absolute Gasteiger partial charge is 0.155 e. The van der Waals surface area contributed by atoms with Crippen LogP contribution < -0.4 is 0 Å². The van der Waals surface area contributed by atoms with E-state index >= 15 is 0 Å². The number of nitrogens with zero attached hydrogens (tertiary/aromatic N) is 2. The molecule has 0 fully saturated rings. The number of hydrogen-bond donors (Lipinski definition) is 0. The summed E-state index contributed by atoms with van der Waals surface area (Å²) in [5.41, 5.74) is 0.411. The predicted octanol–water partition coefficient (Wildman–Crippen LogP) is 6.13. The van der Waals surface area contributed by atoms with Crippen LogP contribution in [0.1, 0.15) is 35.8 Å². The fourth-order valence-corrected chi connectivity index (χ4v) is 3.93. The highest BCUT2D eigenvalue weighted by atomic mass is 35.5. The van der Waals surface area contributed by atoms with Crippen molar-refractivity contribution in [3.63, 3.8) is 0 Å².